The average molecular weight is 416 g/mol. The highest BCUT2D eigenvalue weighted by Crippen LogP contribution is 2.20. The molecule has 1 aliphatic heterocycles. The number of nitrogens with one attached hydrogen (secondary N) is 3. The predicted octanol–water partition coefficient (Wildman–Crippen LogP) is 1.72. The van der Waals surface area contributed by atoms with Gasteiger partial charge in [0.05, 0.1) is 4.90 Å². The van der Waals surface area contributed by atoms with E-state index in [0.29, 0.717) is 18.5 Å². The zero-order valence-electron chi connectivity index (χ0n) is 16.9. The summed E-state index contributed by atoms with van der Waals surface area (Å²) in [6, 6.07) is 17.2. The third-order valence-corrected chi connectivity index (χ3v) is 6.39. The number of sulfonamides is 1. The lowest BCUT2D eigenvalue weighted by atomic mass is 10.2. The van der Waals surface area contributed by atoms with Crippen molar-refractivity contribution < 1.29 is 8.42 Å². The lowest BCUT2D eigenvalue weighted by Gasteiger charge is -2.20. The van der Waals surface area contributed by atoms with Crippen LogP contribution < -0.4 is 20.3 Å². The number of hydrogen-bond acceptors (Lipinski definition) is 4. The molecule has 29 heavy (non-hydrogen) atoms. The molecule has 7 nitrogen and oxygen atoms in total. The quantitative estimate of drug-likeness (QED) is 0.364. The molecule has 1 fully saturated rings. The Kier molecular flexibility index (Phi) is 7.11. The summed E-state index contributed by atoms with van der Waals surface area (Å²) < 4.78 is 27.1. The van der Waals surface area contributed by atoms with E-state index in [4.69, 9.17) is 0 Å². The first-order valence-electron chi connectivity index (χ1n) is 9.81. The van der Waals surface area contributed by atoms with Crippen LogP contribution >= 0.6 is 0 Å². The number of rotatable bonds is 7. The fourth-order valence-corrected chi connectivity index (χ4v) is 4.36. The summed E-state index contributed by atoms with van der Waals surface area (Å²) in [6.45, 7) is 4.71. The zero-order chi connectivity index (χ0) is 20.7. The van der Waals surface area contributed by atoms with Crippen LogP contribution in [0.4, 0.5) is 5.69 Å². The van der Waals surface area contributed by atoms with E-state index in [-0.39, 0.29) is 11.4 Å². The van der Waals surface area contributed by atoms with Crippen LogP contribution in [0.3, 0.4) is 0 Å². The second-order valence-corrected chi connectivity index (χ2v) is 8.89. The Labute approximate surface area is 173 Å². The lowest BCUT2D eigenvalue weighted by Crippen LogP contribution is -2.46. The van der Waals surface area contributed by atoms with Crippen molar-refractivity contribution in [3.05, 3.63) is 60.2 Å². The van der Waals surface area contributed by atoms with Gasteiger partial charge in [-0.2, -0.15) is 0 Å². The molecule has 0 spiro atoms. The summed E-state index contributed by atoms with van der Waals surface area (Å²) >= 11 is 0. The van der Waals surface area contributed by atoms with Crippen LogP contribution in [-0.4, -0.2) is 53.6 Å². The van der Waals surface area contributed by atoms with E-state index in [1.807, 2.05) is 0 Å². The Morgan fingerprint density at radius 2 is 1.83 bits per heavy atom. The Balaban J connectivity index is 1.42. The standard InChI is InChI=1S/C21H29N5O2S/c1-17-8-10-19(11-9-17)26-15-12-18(16-26)25-21(22-2)23-13-14-24-29(27,28)20-6-4-3-5-7-20/h3-11,18,24H,12-16H2,1-2H3,(H2,22,23,25). The minimum Gasteiger partial charge on any atom is -0.369 e. The molecular formula is C21H29N5O2S. The average Bonchev–Trinajstić information content (AvgIpc) is 3.20. The molecule has 0 saturated carbocycles. The number of anilines is 1. The van der Waals surface area contributed by atoms with Gasteiger partial charge >= 0.3 is 0 Å². The smallest absolute Gasteiger partial charge is 0.240 e. The first-order chi connectivity index (χ1) is 14.0. The number of aryl methyl sites for hydroxylation is 1. The van der Waals surface area contributed by atoms with Gasteiger partial charge in [0.15, 0.2) is 5.96 Å². The summed E-state index contributed by atoms with van der Waals surface area (Å²) in [4.78, 5) is 6.88. The number of benzene rings is 2. The summed E-state index contributed by atoms with van der Waals surface area (Å²) in [5, 5.41) is 6.60. The van der Waals surface area contributed by atoms with Crippen LogP contribution in [0.25, 0.3) is 0 Å². The SMILES string of the molecule is CN=C(NCCNS(=O)(=O)c1ccccc1)NC1CCN(c2ccc(C)cc2)C1. The van der Waals surface area contributed by atoms with Crippen molar-refractivity contribution in [1.82, 2.24) is 15.4 Å². The molecule has 0 bridgehead atoms. The Morgan fingerprint density at radius 1 is 1.10 bits per heavy atom. The lowest BCUT2D eigenvalue weighted by molar-refractivity contribution is 0.579. The number of hydrogen-bond donors (Lipinski definition) is 3. The molecule has 1 heterocycles. The molecule has 0 aromatic heterocycles. The molecule has 1 atom stereocenters. The fourth-order valence-electron chi connectivity index (χ4n) is 3.31. The normalized spacial score (nSPS) is 17.4. The number of aliphatic imine (C=N–C) groups is 1. The first kappa shape index (κ1) is 21.1. The molecule has 3 N–H and O–H groups in total. The Hall–Kier alpha value is -2.58. The second-order valence-electron chi connectivity index (χ2n) is 7.12. The minimum atomic E-state index is -3.49. The first-order valence-corrected chi connectivity index (χ1v) is 11.3. The molecule has 156 valence electrons. The summed E-state index contributed by atoms with van der Waals surface area (Å²) in [5.41, 5.74) is 2.49. The highest BCUT2D eigenvalue weighted by Gasteiger charge is 2.23. The van der Waals surface area contributed by atoms with E-state index < -0.39 is 10.0 Å². The topological polar surface area (TPSA) is 85.8 Å². The van der Waals surface area contributed by atoms with Crippen LogP contribution in [0.5, 0.6) is 0 Å². The highest BCUT2D eigenvalue weighted by molar-refractivity contribution is 7.89. The monoisotopic (exact) mass is 415 g/mol. The molecule has 8 heteroatoms. The third kappa shape index (κ3) is 5.95. The number of nitrogens with zero attached hydrogens (tertiary/aromatic N) is 2. The molecule has 1 unspecified atom stereocenters. The van der Waals surface area contributed by atoms with Crippen LogP contribution in [-0.2, 0) is 10.0 Å². The van der Waals surface area contributed by atoms with E-state index in [1.165, 1.54) is 11.3 Å². The van der Waals surface area contributed by atoms with Gasteiger partial charge in [0.25, 0.3) is 0 Å². The van der Waals surface area contributed by atoms with E-state index in [2.05, 4.69) is 56.4 Å². The molecule has 2 aromatic carbocycles. The van der Waals surface area contributed by atoms with Crippen LogP contribution in [0.2, 0.25) is 0 Å². The van der Waals surface area contributed by atoms with E-state index in [1.54, 1.807) is 37.4 Å². The molecule has 1 aliphatic rings. The maximum Gasteiger partial charge on any atom is 0.240 e. The largest absolute Gasteiger partial charge is 0.369 e. The fraction of sp³-hybridized carbons (Fsp3) is 0.381. The van der Waals surface area contributed by atoms with Crippen LogP contribution in [0.1, 0.15) is 12.0 Å². The molecule has 3 rings (SSSR count). The van der Waals surface area contributed by atoms with Crippen molar-refractivity contribution in [2.24, 2.45) is 4.99 Å². The third-order valence-electron chi connectivity index (χ3n) is 4.91. The van der Waals surface area contributed by atoms with E-state index in [9.17, 15) is 8.42 Å². The predicted molar refractivity (Wildman–Crippen MR) is 118 cm³/mol. The zero-order valence-corrected chi connectivity index (χ0v) is 17.7. The van der Waals surface area contributed by atoms with Crippen molar-refractivity contribution in [3.8, 4) is 0 Å². The summed E-state index contributed by atoms with van der Waals surface area (Å²) in [5.74, 6) is 0.680. The van der Waals surface area contributed by atoms with Gasteiger partial charge in [0.1, 0.15) is 0 Å². The van der Waals surface area contributed by atoms with Gasteiger partial charge in [-0.3, -0.25) is 4.99 Å². The van der Waals surface area contributed by atoms with Gasteiger partial charge in [-0.05, 0) is 37.6 Å². The van der Waals surface area contributed by atoms with Crippen molar-refractivity contribution in [1.29, 1.82) is 0 Å². The van der Waals surface area contributed by atoms with Gasteiger partial charge in [-0.25, -0.2) is 13.1 Å². The minimum absolute atomic E-state index is 0.268. The molecule has 0 aliphatic carbocycles. The van der Waals surface area contributed by atoms with Gasteiger partial charge in [0.2, 0.25) is 10.0 Å². The highest BCUT2D eigenvalue weighted by atomic mass is 32.2. The summed E-state index contributed by atoms with van der Waals surface area (Å²) in [7, 11) is -1.77. The summed E-state index contributed by atoms with van der Waals surface area (Å²) in [6.07, 6.45) is 1.02. The molecule has 0 radical (unpaired) electrons. The van der Waals surface area contributed by atoms with Gasteiger partial charge < -0.3 is 15.5 Å². The maximum atomic E-state index is 12.2. The van der Waals surface area contributed by atoms with Crippen molar-refractivity contribution in [3.63, 3.8) is 0 Å². The van der Waals surface area contributed by atoms with Gasteiger partial charge in [0, 0.05) is 45.0 Å². The maximum absolute atomic E-state index is 12.2. The van der Waals surface area contributed by atoms with Gasteiger partial charge in [-0.1, -0.05) is 35.9 Å². The Morgan fingerprint density at radius 3 is 2.52 bits per heavy atom. The Bertz CT molecular complexity index is 914. The molecular weight excluding hydrogens is 386 g/mol. The molecule has 1 saturated heterocycles. The molecule has 0 amide bonds. The van der Waals surface area contributed by atoms with E-state index >= 15 is 0 Å². The van der Waals surface area contributed by atoms with Crippen LogP contribution in [0, 0.1) is 6.92 Å². The van der Waals surface area contributed by atoms with Gasteiger partial charge in [-0.15, -0.1) is 0 Å². The van der Waals surface area contributed by atoms with Crippen molar-refractivity contribution in [2.75, 3.05) is 38.1 Å². The molecule has 2 aromatic rings. The van der Waals surface area contributed by atoms with E-state index in [0.717, 1.165) is 19.5 Å². The van der Waals surface area contributed by atoms with Crippen molar-refractivity contribution >= 4 is 21.7 Å². The van der Waals surface area contributed by atoms with Crippen molar-refractivity contribution in [2.45, 2.75) is 24.3 Å². The second kappa shape index (κ2) is 9.76. The van der Waals surface area contributed by atoms with Crippen LogP contribution in [0.15, 0.2) is 64.5 Å². The number of guanidine groups is 1.